The number of hydrogen-bond acceptors (Lipinski definition) is 4. The smallest absolute Gasteiger partial charge is 0.0897 e. The van der Waals surface area contributed by atoms with Gasteiger partial charge >= 0.3 is 0 Å². The van der Waals surface area contributed by atoms with Crippen molar-refractivity contribution in [2.24, 2.45) is 0 Å². The molecule has 0 radical (unpaired) electrons. The molecule has 0 amide bonds. The monoisotopic (exact) mass is 287 g/mol. The van der Waals surface area contributed by atoms with E-state index in [2.05, 4.69) is 11.6 Å². The van der Waals surface area contributed by atoms with Gasteiger partial charge in [-0.25, -0.2) is 0 Å². The highest BCUT2D eigenvalue weighted by Crippen LogP contribution is 2.28. The fourth-order valence-corrected chi connectivity index (χ4v) is 3.98. The standard InChI is InChI=1S/C15H29NO2S/c1-19-15-8-7-12(9-15)16-10-13(17)11-18-14-5-3-2-4-6-14/h12-17H,2-11H2,1H3. The fraction of sp³-hybridized carbons (Fsp3) is 1.00. The molecule has 0 aliphatic heterocycles. The molecular formula is C15H29NO2S. The Balaban J connectivity index is 1.53. The van der Waals surface area contributed by atoms with Gasteiger partial charge in [0, 0.05) is 17.8 Å². The number of nitrogens with one attached hydrogen (secondary N) is 1. The first-order chi connectivity index (χ1) is 9.28. The minimum atomic E-state index is -0.352. The molecule has 2 rings (SSSR count). The van der Waals surface area contributed by atoms with E-state index in [4.69, 9.17) is 4.74 Å². The largest absolute Gasteiger partial charge is 0.389 e. The first kappa shape index (κ1) is 15.6. The van der Waals surface area contributed by atoms with Gasteiger partial charge in [-0.2, -0.15) is 11.8 Å². The molecule has 3 atom stereocenters. The van der Waals surface area contributed by atoms with Crippen molar-refractivity contribution in [3.05, 3.63) is 0 Å². The van der Waals surface area contributed by atoms with Gasteiger partial charge in [-0.1, -0.05) is 19.3 Å². The second-order valence-corrected chi connectivity index (χ2v) is 7.16. The zero-order valence-corrected chi connectivity index (χ0v) is 13.0. The quantitative estimate of drug-likeness (QED) is 0.755. The lowest BCUT2D eigenvalue weighted by molar-refractivity contribution is -0.0235. The van der Waals surface area contributed by atoms with E-state index in [0.29, 0.717) is 25.3 Å². The molecule has 4 heteroatoms. The third-order valence-corrected chi connectivity index (χ3v) is 5.53. The summed E-state index contributed by atoms with van der Waals surface area (Å²) in [4.78, 5) is 0. The van der Waals surface area contributed by atoms with Crippen molar-refractivity contribution in [3.8, 4) is 0 Å². The van der Waals surface area contributed by atoms with Crippen LogP contribution in [0.4, 0.5) is 0 Å². The van der Waals surface area contributed by atoms with Gasteiger partial charge in [-0.3, -0.25) is 0 Å². The van der Waals surface area contributed by atoms with Crippen LogP contribution in [0.3, 0.4) is 0 Å². The van der Waals surface area contributed by atoms with E-state index in [-0.39, 0.29) is 6.10 Å². The summed E-state index contributed by atoms with van der Waals surface area (Å²) >= 11 is 1.97. The summed E-state index contributed by atoms with van der Waals surface area (Å²) in [6, 6.07) is 0.599. The third-order valence-electron chi connectivity index (χ3n) is 4.44. The van der Waals surface area contributed by atoms with Gasteiger partial charge in [0.2, 0.25) is 0 Å². The van der Waals surface area contributed by atoms with Gasteiger partial charge in [0.1, 0.15) is 0 Å². The third kappa shape index (κ3) is 5.62. The maximum absolute atomic E-state index is 9.97. The van der Waals surface area contributed by atoms with Crippen LogP contribution in [0.25, 0.3) is 0 Å². The SMILES string of the molecule is CSC1CCC(NCC(O)COC2CCCCC2)C1. The fourth-order valence-electron chi connectivity index (χ4n) is 3.18. The van der Waals surface area contributed by atoms with Gasteiger partial charge in [0.25, 0.3) is 0 Å². The zero-order valence-electron chi connectivity index (χ0n) is 12.1. The van der Waals surface area contributed by atoms with Crippen LogP contribution in [0, 0.1) is 0 Å². The number of hydrogen-bond donors (Lipinski definition) is 2. The maximum Gasteiger partial charge on any atom is 0.0897 e. The van der Waals surface area contributed by atoms with E-state index in [1.54, 1.807) is 0 Å². The summed E-state index contributed by atoms with van der Waals surface area (Å²) in [6.07, 6.45) is 12.3. The average molecular weight is 287 g/mol. The van der Waals surface area contributed by atoms with Crippen molar-refractivity contribution in [1.29, 1.82) is 0 Å². The number of rotatable bonds is 7. The van der Waals surface area contributed by atoms with Gasteiger partial charge in [0.05, 0.1) is 18.8 Å². The minimum Gasteiger partial charge on any atom is -0.389 e. The first-order valence-corrected chi connectivity index (χ1v) is 9.12. The van der Waals surface area contributed by atoms with Gasteiger partial charge in [0.15, 0.2) is 0 Å². The van der Waals surface area contributed by atoms with E-state index in [1.165, 1.54) is 51.4 Å². The van der Waals surface area contributed by atoms with Crippen molar-refractivity contribution in [2.45, 2.75) is 74.9 Å². The van der Waals surface area contributed by atoms with Crippen LogP contribution < -0.4 is 5.32 Å². The normalized spacial score (nSPS) is 30.6. The highest BCUT2D eigenvalue weighted by molar-refractivity contribution is 7.99. The highest BCUT2D eigenvalue weighted by atomic mass is 32.2. The Morgan fingerprint density at radius 3 is 2.68 bits per heavy atom. The second-order valence-electron chi connectivity index (χ2n) is 6.02. The van der Waals surface area contributed by atoms with Crippen LogP contribution in [0.5, 0.6) is 0 Å². The molecule has 0 spiro atoms. The van der Waals surface area contributed by atoms with Crippen molar-refractivity contribution in [1.82, 2.24) is 5.32 Å². The van der Waals surface area contributed by atoms with Crippen molar-refractivity contribution < 1.29 is 9.84 Å². The molecular weight excluding hydrogens is 258 g/mol. The summed E-state index contributed by atoms with van der Waals surface area (Å²) in [5, 5.41) is 14.3. The summed E-state index contributed by atoms with van der Waals surface area (Å²) in [5.41, 5.74) is 0. The van der Waals surface area contributed by atoms with E-state index >= 15 is 0 Å². The molecule has 0 bridgehead atoms. The Hall–Kier alpha value is 0.230. The van der Waals surface area contributed by atoms with Gasteiger partial charge in [-0.15, -0.1) is 0 Å². The van der Waals surface area contributed by atoms with E-state index in [9.17, 15) is 5.11 Å². The Labute approximate surface area is 121 Å². The lowest BCUT2D eigenvalue weighted by Crippen LogP contribution is -2.37. The van der Waals surface area contributed by atoms with Crippen LogP contribution in [0.2, 0.25) is 0 Å². The molecule has 3 nitrogen and oxygen atoms in total. The van der Waals surface area contributed by atoms with Crippen LogP contribution in [0.15, 0.2) is 0 Å². The Kier molecular flexibility index (Phi) is 6.99. The molecule has 0 heterocycles. The number of thioether (sulfide) groups is 1. The van der Waals surface area contributed by atoms with Crippen LogP contribution in [-0.4, -0.2) is 48.0 Å². The lowest BCUT2D eigenvalue weighted by atomic mass is 9.98. The molecule has 19 heavy (non-hydrogen) atoms. The topological polar surface area (TPSA) is 41.5 Å². The molecule has 0 aromatic rings. The summed E-state index contributed by atoms with van der Waals surface area (Å²) in [7, 11) is 0. The molecule has 2 aliphatic carbocycles. The van der Waals surface area contributed by atoms with Crippen LogP contribution in [-0.2, 0) is 4.74 Å². The minimum absolute atomic E-state index is 0.352. The molecule has 0 aromatic carbocycles. The van der Waals surface area contributed by atoms with E-state index in [0.717, 1.165) is 5.25 Å². The lowest BCUT2D eigenvalue weighted by Gasteiger charge is -2.24. The maximum atomic E-state index is 9.97. The summed E-state index contributed by atoms with van der Waals surface area (Å²) in [5.74, 6) is 0. The van der Waals surface area contributed by atoms with Crippen LogP contribution in [0.1, 0.15) is 51.4 Å². The second kappa shape index (κ2) is 8.50. The molecule has 2 N–H and O–H groups in total. The Bertz CT molecular complexity index is 246. The number of ether oxygens (including phenoxy) is 1. The molecule has 0 saturated heterocycles. The van der Waals surface area contributed by atoms with Crippen molar-refractivity contribution >= 4 is 11.8 Å². The molecule has 2 fully saturated rings. The highest BCUT2D eigenvalue weighted by Gasteiger charge is 2.24. The van der Waals surface area contributed by atoms with Gasteiger partial charge in [-0.05, 0) is 38.4 Å². The molecule has 2 saturated carbocycles. The van der Waals surface area contributed by atoms with Gasteiger partial charge < -0.3 is 15.2 Å². The van der Waals surface area contributed by atoms with Crippen molar-refractivity contribution in [3.63, 3.8) is 0 Å². The summed E-state index contributed by atoms with van der Waals surface area (Å²) in [6.45, 7) is 1.18. The first-order valence-electron chi connectivity index (χ1n) is 7.83. The van der Waals surface area contributed by atoms with Crippen molar-refractivity contribution in [2.75, 3.05) is 19.4 Å². The molecule has 3 unspecified atom stereocenters. The molecule has 0 aromatic heterocycles. The zero-order chi connectivity index (χ0) is 13.5. The Morgan fingerprint density at radius 1 is 1.21 bits per heavy atom. The average Bonchev–Trinajstić information content (AvgIpc) is 2.92. The summed E-state index contributed by atoms with van der Waals surface area (Å²) < 4.78 is 5.81. The number of aliphatic hydroxyl groups is 1. The van der Waals surface area contributed by atoms with Crippen LogP contribution >= 0.6 is 11.8 Å². The Morgan fingerprint density at radius 2 is 2.00 bits per heavy atom. The predicted octanol–water partition coefficient (Wildman–Crippen LogP) is 2.57. The number of aliphatic hydroxyl groups excluding tert-OH is 1. The van der Waals surface area contributed by atoms with E-state index in [1.807, 2.05) is 11.8 Å². The van der Waals surface area contributed by atoms with E-state index < -0.39 is 0 Å². The predicted molar refractivity (Wildman–Crippen MR) is 81.8 cm³/mol. The molecule has 112 valence electrons. The molecule has 2 aliphatic rings.